The van der Waals surface area contributed by atoms with Gasteiger partial charge in [-0.25, -0.2) is 4.98 Å². The molecule has 3 nitrogen and oxygen atoms in total. The van der Waals surface area contributed by atoms with Crippen molar-refractivity contribution in [1.29, 1.82) is 0 Å². The average Bonchev–Trinajstić information content (AvgIpc) is 2.26. The third kappa shape index (κ3) is 4.08. The van der Waals surface area contributed by atoms with Gasteiger partial charge in [0.25, 0.3) is 0 Å². The van der Waals surface area contributed by atoms with Crippen LogP contribution in [0.25, 0.3) is 0 Å². The molecule has 0 N–H and O–H groups in total. The summed E-state index contributed by atoms with van der Waals surface area (Å²) >= 11 is 5.84. The minimum Gasteiger partial charge on any atom is -0.487 e. The number of hydrogen-bond donors (Lipinski definition) is 0. The fourth-order valence-corrected chi connectivity index (χ4v) is 1.83. The summed E-state index contributed by atoms with van der Waals surface area (Å²) in [7, 11) is 0. The number of ether oxygens (including phenoxy) is 1. The maximum Gasteiger partial charge on any atom is 0.171 e. The Kier molecular flexibility index (Phi) is 5.56. The normalized spacial score (nSPS) is 11.0. The molecule has 0 fully saturated rings. The summed E-state index contributed by atoms with van der Waals surface area (Å²) in [6.07, 6.45) is 1.93. The second kappa shape index (κ2) is 6.70. The molecule has 0 saturated carbocycles. The van der Waals surface area contributed by atoms with Crippen molar-refractivity contribution in [3.63, 3.8) is 0 Å². The number of halogens is 1. The summed E-state index contributed by atoms with van der Waals surface area (Å²) in [6.45, 7) is 9.04. The monoisotopic (exact) mass is 256 g/mol. The third-order valence-electron chi connectivity index (χ3n) is 2.33. The van der Waals surface area contributed by atoms with Gasteiger partial charge in [0.1, 0.15) is 0 Å². The minimum absolute atomic E-state index is 0.142. The maximum atomic E-state index is 5.84. The number of hydrogen-bond acceptors (Lipinski definition) is 3. The van der Waals surface area contributed by atoms with Gasteiger partial charge in [0.15, 0.2) is 11.6 Å². The molecule has 0 atom stereocenters. The molecular weight excluding hydrogens is 236 g/mol. The Morgan fingerprint density at radius 2 is 2.06 bits per heavy atom. The molecule has 0 aromatic carbocycles. The van der Waals surface area contributed by atoms with Gasteiger partial charge in [0.2, 0.25) is 0 Å². The van der Waals surface area contributed by atoms with E-state index in [4.69, 9.17) is 16.3 Å². The maximum absolute atomic E-state index is 5.84. The van der Waals surface area contributed by atoms with Crippen LogP contribution in [0.3, 0.4) is 0 Å². The van der Waals surface area contributed by atoms with Gasteiger partial charge in [-0.15, -0.1) is 11.6 Å². The number of aromatic nitrogens is 1. The van der Waals surface area contributed by atoms with Crippen molar-refractivity contribution >= 4 is 17.4 Å². The van der Waals surface area contributed by atoms with Crippen molar-refractivity contribution in [2.75, 3.05) is 17.3 Å². The van der Waals surface area contributed by atoms with E-state index in [0.717, 1.165) is 18.1 Å². The summed E-state index contributed by atoms with van der Waals surface area (Å²) in [5.41, 5.74) is 0. The van der Waals surface area contributed by atoms with Crippen LogP contribution in [0.4, 0.5) is 5.82 Å². The number of alkyl halides is 1. The van der Waals surface area contributed by atoms with E-state index in [1.165, 1.54) is 0 Å². The van der Waals surface area contributed by atoms with Gasteiger partial charge >= 0.3 is 0 Å². The Hall–Kier alpha value is -0.960. The predicted octanol–water partition coefficient (Wildman–Crippen LogP) is 3.32. The molecule has 0 bridgehead atoms. The van der Waals surface area contributed by atoms with Gasteiger partial charge in [0.05, 0.1) is 6.10 Å². The lowest BCUT2D eigenvalue weighted by Crippen LogP contribution is -2.33. The quantitative estimate of drug-likeness (QED) is 0.730. The summed E-state index contributed by atoms with van der Waals surface area (Å²) in [4.78, 5) is 6.57. The van der Waals surface area contributed by atoms with Crippen LogP contribution in [-0.4, -0.2) is 29.6 Å². The van der Waals surface area contributed by atoms with E-state index in [1.54, 1.807) is 6.20 Å². The standard InChI is InChI=1S/C13H21ClN2O/c1-10(2)16(9-7-14)13-12(17-11(3)4)6-5-8-15-13/h5-6,8,10-11H,7,9H2,1-4H3. The molecular formula is C13H21ClN2O. The number of pyridine rings is 1. The van der Waals surface area contributed by atoms with E-state index in [0.29, 0.717) is 11.9 Å². The van der Waals surface area contributed by atoms with Crippen LogP contribution in [0.15, 0.2) is 18.3 Å². The smallest absolute Gasteiger partial charge is 0.171 e. The lowest BCUT2D eigenvalue weighted by atomic mass is 10.3. The number of anilines is 1. The average molecular weight is 257 g/mol. The van der Waals surface area contributed by atoms with Crippen molar-refractivity contribution in [3.8, 4) is 5.75 Å². The number of rotatable bonds is 6. The second-order valence-corrected chi connectivity index (χ2v) is 4.85. The van der Waals surface area contributed by atoms with E-state index in [9.17, 15) is 0 Å². The lowest BCUT2D eigenvalue weighted by molar-refractivity contribution is 0.241. The van der Waals surface area contributed by atoms with Gasteiger partial charge in [-0.05, 0) is 39.8 Å². The largest absolute Gasteiger partial charge is 0.487 e. The van der Waals surface area contributed by atoms with E-state index < -0.39 is 0 Å². The molecule has 0 unspecified atom stereocenters. The molecule has 0 aliphatic heterocycles. The molecule has 17 heavy (non-hydrogen) atoms. The first-order valence-electron chi connectivity index (χ1n) is 6.00. The van der Waals surface area contributed by atoms with Crippen molar-refractivity contribution in [2.24, 2.45) is 0 Å². The molecule has 0 radical (unpaired) electrons. The highest BCUT2D eigenvalue weighted by atomic mass is 35.5. The van der Waals surface area contributed by atoms with Crippen molar-refractivity contribution in [2.45, 2.75) is 39.8 Å². The molecule has 0 amide bonds. The lowest BCUT2D eigenvalue weighted by Gasteiger charge is -2.29. The molecule has 0 aliphatic rings. The van der Waals surface area contributed by atoms with E-state index in [-0.39, 0.29) is 6.10 Å². The Bertz CT molecular complexity index is 342. The molecule has 1 aromatic heterocycles. The molecule has 96 valence electrons. The van der Waals surface area contributed by atoms with Crippen LogP contribution in [-0.2, 0) is 0 Å². The van der Waals surface area contributed by atoms with Crippen molar-refractivity contribution < 1.29 is 4.74 Å². The van der Waals surface area contributed by atoms with Crippen LogP contribution in [0.5, 0.6) is 5.75 Å². The second-order valence-electron chi connectivity index (χ2n) is 4.47. The molecule has 1 aromatic rings. The zero-order valence-corrected chi connectivity index (χ0v) is 11.7. The van der Waals surface area contributed by atoms with Crippen LogP contribution >= 0.6 is 11.6 Å². The zero-order chi connectivity index (χ0) is 12.8. The molecule has 4 heteroatoms. The fraction of sp³-hybridized carbons (Fsp3) is 0.615. The van der Waals surface area contributed by atoms with Crippen LogP contribution in [0, 0.1) is 0 Å². The SMILES string of the molecule is CC(C)Oc1cccnc1N(CCCl)C(C)C. The molecule has 0 spiro atoms. The Balaban J connectivity index is 3.00. The Labute approximate surface area is 109 Å². The van der Waals surface area contributed by atoms with Crippen LogP contribution < -0.4 is 9.64 Å². The van der Waals surface area contributed by atoms with Crippen LogP contribution in [0.2, 0.25) is 0 Å². The van der Waals surface area contributed by atoms with Crippen molar-refractivity contribution in [1.82, 2.24) is 4.98 Å². The minimum atomic E-state index is 0.142. The summed E-state index contributed by atoms with van der Waals surface area (Å²) < 4.78 is 5.78. The highest BCUT2D eigenvalue weighted by Crippen LogP contribution is 2.27. The first-order valence-corrected chi connectivity index (χ1v) is 6.54. The van der Waals surface area contributed by atoms with E-state index in [1.807, 2.05) is 26.0 Å². The van der Waals surface area contributed by atoms with Gasteiger partial charge < -0.3 is 9.64 Å². The Morgan fingerprint density at radius 3 is 2.59 bits per heavy atom. The molecule has 0 aliphatic carbocycles. The Morgan fingerprint density at radius 1 is 1.35 bits per heavy atom. The molecule has 0 saturated heterocycles. The topological polar surface area (TPSA) is 25.4 Å². The molecule has 1 heterocycles. The summed E-state index contributed by atoms with van der Waals surface area (Å²) in [5.74, 6) is 2.27. The van der Waals surface area contributed by atoms with E-state index >= 15 is 0 Å². The van der Waals surface area contributed by atoms with Gasteiger partial charge in [0, 0.05) is 24.7 Å². The predicted molar refractivity (Wildman–Crippen MR) is 73.2 cm³/mol. The molecule has 1 rings (SSSR count). The summed E-state index contributed by atoms with van der Waals surface area (Å²) in [5, 5.41) is 0. The van der Waals surface area contributed by atoms with Crippen LogP contribution in [0.1, 0.15) is 27.7 Å². The fourth-order valence-electron chi connectivity index (χ4n) is 1.64. The van der Waals surface area contributed by atoms with Gasteiger partial charge in [-0.3, -0.25) is 0 Å². The first-order chi connectivity index (χ1) is 8.06. The third-order valence-corrected chi connectivity index (χ3v) is 2.50. The van der Waals surface area contributed by atoms with E-state index in [2.05, 4.69) is 23.7 Å². The van der Waals surface area contributed by atoms with Gasteiger partial charge in [-0.2, -0.15) is 0 Å². The first kappa shape index (κ1) is 14.1. The van der Waals surface area contributed by atoms with Crippen molar-refractivity contribution in [3.05, 3.63) is 18.3 Å². The van der Waals surface area contributed by atoms with Gasteiger partial charge in [-0.1, -0.05) is 0 Å². The number of nitrogens with zero attached hydrogens (tertiary/aromatic N) is 2. The summed E-state index contributed by atoms with van der Waals surface area (Å²) in [6, 6.07) is 4.19. The zero-order valence-electron chi connectivity index (χ0n) is 11.0. The highest BCUT2D eigenvalue weighted by molar-refractivity contribution is 6.18. The highest BCUT2D eigenvalue weighted by Gasteiger charge is 2.16.